The highest BCUT2D eigenvalue weighted by molar-refractivity contribution is 5.73. The van der Waals surface area contributed by atoms with Gasteiger partial charge in [0.25, 0.3) is 0 Å². The van der Waals surface area contributed by atoms with Gasteiger partial charge in [-0.1, -0.05) is 26.0 Å². The van der Waals surface area contributed by atoms with Gasteiger partial charge in [0.05, 0.1) is 12.3 Å². The summed E-state index contributed by atoms with van der Waals surface area (Å²) in [5, 5.41) is 13.8. The fourth-order valence-corrected chi connectivity index (χ4v) is 2.81. The van der Waals surface area contributed by atoms with E-state index in [1.54, 1.807) is 18.5 Å². The van der Waals surface area contributed by atoms with Crippen molar-refractivity contribution in [2.24, 2.45) is 5.41 Å². The van der Waals surface area contributed by atoms with Crippen LogP contribution in [0.4, 0.5) is 0 Å². The van der Waals surface area contributed by atoms with Crippen molar-refractivity contribution < 1.29 is 5.11 Å². The Morgan fingerprint density at radius 2 is 2.10 bits per heavy atom. The molecule has 0 aliphatic carbocycles. The van der Waals surface area contributed by atoms with Crippen LogP contribution in [0.15, 0.2) is 30.6 Å². The molecule has 4 heteroatoms. The second-order valence-electron chi connectivity index (χ2n) is 6.03. The standard InChI is InChI=1S/C16H19N3O/c1-16(2)10-14-13(4-3-9-20)15(18-19(14)11-16)12-5-7-17-8-6-12/h3-8,20H,9-11H2,1-2H3/b4-3+. The Bertz CT molecular complexity index is 641. The Balaban J connectivity index is 2.11. The normalized spacial score (nSPS) is 16.8. The lowest BCUT2D eigenvalue weighted by atomic mass is 9.89. The molecule has 0 atom stereocenters. The summed E-state index contributed by atoms with van der Waals surface area (Å²) in [6, 6.07) is 3.94. The number of aliphatic hydroxyl groups is 1. The molecule has 2 aromatic heterocycles. The fraction of sp³-hybridized carbons (Fsp3) is 0.375. The zero-order chi connectivity index (χ0) is 14.2. The van der Waals surface area contributed by atoms with Gasteiger partial charge in [-0.2, -0.15) is 5.10 Å². The second-order valence-corrected chi connectivity index (χ2v) is 6.03. The van der Waals surface area contributed by atoms with Gasteiger partial charge >= 0.3 is 0 Å². The molecule has 0 radical (unpaired) electrons. The third kappa shape index (κ3) is 2.27. The average molecular weight is 269 g/mol. The van der Waals surface area contributed by atoms with E-state index in [1.807, 2.05) is 18.2 Å². The lowest BCUT2D eigenvalue weighted by Gasteiger charge is -2.15. The Labute approximate surface area is 118 Å². The minimum atomic E-state index is 0.0454. The highest BCUT2D eigenvalue weighted by Crippen LogP contribution is 2.37. The third-order valence-electron chi connectivity index (χ3n) is 3.67. The van der Waals surface area contributed by atoms with E-state index in [1.165, 1.54) is 5.69 Å². The molecule has 0 unspecified atom stereocenters. The van der Waals surface area contributed by atoms with Gasteiger partial charge in [0, 0.05) is 35.8 Å². The predicted octanol–water partition coefficient (Wildman–Crippen LogP) is 2.53. The van der Waals surface area contributed by atoms with Gasteiger partial charge in [-0.25, -0.2) is 0 Å². The Morgan fingerprint density at radius 3 is 2.80 bits per heavy atom. The van der Waals surface area contributed by atoms with Crippen LogP contribution >= 0.6 is 0 Å². The Kier molecular flexibility index (Phi) is 3.18. The minimum absolute atomic E-state index is 0.0454. The number of pyridine rings is 1. The monoisotopic (exact) mass is 269 g/mol. The van der Waals surface area contributed by atoms with Crippen LogP contribution in [0, 0.1) is 5.41 Å². The van der Waals surface area contributed by atoms with E-state index >= 15 is 0 Å². The van der Waals surface area contributed by atoms with E-state index in [-0.39, 0.29) is 12.0 Å². The Morgan fingerprint density at radius 1 is 1.35 bits per heavy atom. The summed E-state index contributed by atoms with van der Waals surface area (Å²) < 4.78 is 2.10. The minimum Gasteiger partial charge on any atom is -0.392 e. The highest BCUT2D eigenvalue weighted by atomic mass is 16.2. The van der Waals surface area contributed by atoms with Crippen LogP contribution in [0.25, 0.3) is 17.3 Å². The molecule has 3 heterocycles. The van der Waals surface area contributed by atoms with Gasteiger partial charge in [-0.05, 0) is 24.0 Å². The predicted molar refractivity (Wildman–Crippen MR) is 79.1 cm³/mol. The van der Waals surface area contributed by atoms with Crippen LogP contribution < -0.4 is 0 Å². The van der Waals surface area contributed by atoms with Gasteiger partial charge in [0.1, 0.15) is 0 Å². The van der Waals surface area contributed by atoms with E-state index in [0.717, 1.165) is 29.8 Å². The number of hydrogen-bond acceptors (Lipinski definition) is 3. The van der Waals surface area contributed by atoms with Crippen LogP contribution in [0.2, 0.25) is 0 Å². The molecule has 3 rings (SSSR count). The summed E-state index contributed by atoms with van der Waals surface area (Å²) >= 11 is 0. The molecule has 0 aromatic carbocycles. The molecule has 1 aliphatic rings. The maximum absolute atomic E-state index is 9.05. The molecule has 1 aliphatic heterocycles. The summed E-state index contributed by atoms with van der Waals surface area (Å²) in [6.07, 6.45) is 8.33. The molecule has 0 saturated heterocycles. The molecule has 20 heavy (non-hydrogen) atoms. The van der Waals surface area contributed by atoms with E-state index in [0.29, 0.717) is 0 Å². The number of rotatable bonds is 3. The van der Waals surface area contributed by atoms with Crippen molar-refractivity contribution in [2.75, 3.05) is 6.61 Å². The van der Waals surface area contributed by atoms with Crippen molar-refractivity contribution in [1.29, 1.82) is 0 Å². The van der Waals surface area contributed by atoms with E-state index in [9.17, 15) is 0 Å². The summed E-state index contributed by atoms with van der Waals surface area (Å²) in [5.74, 6) is 0. The van der Waals surface area contributed by atoms with Gasteiger partial charge in [0.2, 0.25) is 0 Å². The van der Waals surface area contributed by atoms with Gasteiger partial charge < -0.3 is 5.11 Å². The summed E-state index contributed by atoms with van der Waals surface area (Å²) in [6.45, 7) is 5.50. The molecular weight excluding hydrogens is 250 g/mol. The highest BCUT2D eigenvalue weighted by Gasteiger charge is 2.32. The van der Waals surface area contributed by atoms with Crippen LogP contribution in [0.1, 0.15) is 25.1 Å². The molecule has 0 amide bonds. The first kappa shape index (κ1) is 13.1. The first-order chi connectivity index (χ1) is 9.61. The van der Waals surface area contributed by atoms with E-state index < -0.39 is 0 Å². The van der Waals surface area contributed by atoms with Gasteiger partial charge in [0.15, 0.2) is 0 Å². The third-order valence-corrected chi connectivity index (χ3v) is 3.67. The van der Waals surface area contributed by atoms with Crippen molar-refractivity contribution in [3.63, 3.8) is 0 Å². The zero-order valence-corrected chi connectivity index (χ0v) is 11.9. The number of nitrogens with zero attached hydrogens (tertiary/aromatic N) is 3. The SMILES string of the molecule is CC1(C)Cc2c(/C=C/CO)c(-c3ccncc3)nn2C1. The molecule has 104 valence electrons. The summed E-state index contributed by atoms with van der Waals surface area (Å²) in [4.78, 5) is 4.06. The van der Waals surface area contributed by atoms with Crippen LogP contribution in [0.3, 0.4) is 0 Å². The lowest BCUT2D eigenvalue weighted by Crippen LogP contribution is -2.13. The molecule has 0 spiro atoms. The van der Waals surface area contributed by atoms with Crippen molar-refractivity contribution in [3.8, 4) is 11.3 Å². The molecular formula is C16H19N3O. The quantitative estimate of drug-likeness (QED) is 0.931. The molecule has 2 aromatic rings. The van der Waals surface area contributed by atoms with Crippen molar-refractivity contribution in [2.45, 2.75) is 26.8 Å². The fourth-order valence-electron chi connectivity index (χ4n) is 2.81. The molecule has 1 N–H and O–H groups in total. The number of hydrogen-bond donors (Lipinski definition) is 1. The number of aromatic nitrogens is 3. The van der Waals surface area contributed by atoms with E-state index in [4.69, 9.17) is 10.2 Å². The molecule has 4 nitrogen and oxygen atoms in total. The van der Waals surface area contributed by atoms with Crippen LogP contribution in [0.5, 0.6) is 0 Å². The smallest absolute Gasteiger partial charge is 0.0999 e. The van der Waals surface area contributed by atoms with Crippen molar-refractivity contribution in [3.05, 3.63) is 41.9 Å². The number of aliphatic hydroxyl groups excluding tert-OH is 1. The van der Waals surface area contributed by atoms with Crippen molar-refractivity contribution in [1.82, 2.24) is 14.8 Å². The maximum atomic E-state index is 9.05. The summed E-state index contributed by atoms with van der Waals surface area (Å²) in [7, 11) is 0. The maximum Gasteiger partial charge on any atom is 0.0999 e. The van der Waals surface area contributed by atoms with E-state index in [2.05, 4.69) is 23.5 Å². The summed E-state index contributed by atoms with van der Waals surface area (Å²) in [5.41, 5.74) is 4.67. The molecule has 0 fully saturated rings. The topological polar surface area (TPSA) is 50.9 Å². The zero-order valence-electron chi connectivity index (χ0n) is 11.9. The molecule has 0 bridgehead atoms. The van der Waals surface area contributed by atoms with Crippen LogP contribution in [-0.4, -0.2) is 26.5 Å². The Hall–Kier alpha value is -1.94. The lowest BCUT2D eigenvalue weighted by molar-refractivity contribution is 0.343. The van der Waals surface area contributed by atoms with Crippen LogP contribution in [-0.2, 0) is 13.0 Å². The first-order valence-electron chi connectivity index (χ1n) is 6.88. The first-order valence-corrected chi connectivity index (χ1v) is 6.88. The molecule has 0 saturated carbocycles. The van der Waals surface area contributed by atoms with Gasteiger partial charge in [-0.15, -0.1) is 0 Å². The van der Waals surface area contributed by atoms with Gasteiger partial charge in [-0.3, -0.25) is 9.67 Å². The largest absolute Gasteiger partial charge is 0.392 e. The average Bonchev–Trinajstić information content (AvgIpc) is 2.89. The van der Waals surface area contributed by atoms with Crippen molar-refractivity contribution >= 4 is 6.08 Å². The second kappa shape index (κ2) is 4.87. The number of fused-ring (bicyclic) bond motifs is 1.